The zero-order valence-electron chi connectivity index (χ0n) is 17.7. The number of nitrogens with two attached hydrogens (primary N) is 1. The Balaban J connectivity index is 0.00000320. The zero-order valence-corrected chi connectivity index (χ0v) is 18.5. The molecule has 1 aliphatic heterocycles. The summed E-state index contributed by atoms with van der Waals surface area (Å²) in [4.78, 5) is 14.6. The number of likely N-dealkylation sites (tertiary alicyclic amines) is 1. The highest BCUT2D eigenvalue weighted by atomic mass is 35.5. The number of rotatable bonds is 9. The van der Waals surface area contributed by atoms with Crippen LogP contribution in [0.3, 0.4) is 0 Å². The lowest BCUT2D eigenvalue weighted by Gasteiger charge is -2.32. The molecule has 5 nitrogen and oxygen atoms in total. The summed E-state index contributed by atoms with van der Waals surface area (Å²) in [6.45, 7) is 5.50. The quantitative estimate of drug-likeness (QED) is 0.610. The zero-order chi connectivity index (χ0) is 20.5. The van der Waals surface area contributed by atoms with Gasteiger partial charge < -0.3 is 20.1 Å². The topological polar surface area (TPSA) is 64.8 Å². The third-order valence-corrected chi connectivity index (χ3v) is 5.41. The molecule has 1 aliphatic rings. The number of amides is 1. The minimum absolute atomic E-state index is 0. The highest BCUT2D eigenvalue weighted by molar-refractivity contribution is 5.85. The summed E-state index contributed by atoms with van der Waals surface area (Å²) < 4.78 is 11.8. The number of hydrogen-bond donors (Lipinski definition) is 1. The van der Waals surface area contributed by atoms with E-state index in [9.17, 15) is 4.79 Å². The van der Waals surface area contributed by atoms with Crippen LogP contribution in [-0.4, -0.2) is 43.2 Å². The molecule has 1 heterocycles. The van der Waals surface area contributed by atoms with Crippen molar-refractivity contribution in [2.75, 3.05) is 26.2 Å². The molecule has 2 N–H and O–H groups in total. The minimum atomic E-state index is 0. The van der Waals surface area contributed by atoms with Gasteiger partial charge in [0.1, 0.15) is 12.4 Å². The molecule has 2 aromatic carbocycles. The molecule has 6 heteroatoms. The van der Waals surface area contributed by atoms with E-state index in [1.807, 2.05) is 41.3 Å². The van der Waals surface area contributed by atoms with Gasteiger partial charge in [-0.1, -0.05) is 36.4 Å². The van der Waals surface area contributed by atoms with Gasteiger partial charge in [-0.05, 0) is 61.6 Å². The Hall–Kier alpha value is -2.08. The standard InChI is InChI=1S/C24H32N2O3.ClH/c1-19-6-2-3-8-21(19)18-29-23-9-4-7-20(16-23)17-24(27)26-13-10-22(11-14-26)28-15-5-12-25;/h2-4,6-9,16,22H,5,10-15,17-18,25H2,1H3;1H. The Morgan fingerprint density at radius 2 is 1.90 bits per heavy atom. The molecule has 0 spiro atoms. The monoisotopic (exact) mass is 432 g/mol. The van der Waals surface area contributed by atoms with Crippen molar-refractivity contribution in [3.63, 3.8) is 0 Å². The van der Waals surface area contributed by atoms with E-state index in [1.54, 1.807) is 0 Å². The Morgan fingerprint density at radius 1 is 1.13 bits per heavy atom. The Bertz CT molecular complexity index is 792. The highest BCUT2D eigenvalue weighted by Crippen LogP contribution is 2.19. The molecule has 0 atom stereocenters. The number of hydrogen-bond acceptors (Lipinski definition) is 4. The van der Waals surface area contributed by atoms with E-state index in [0.717, 1.165) is 43.7 Å². The first-order chi connectivity index (χ1) is 14.2. The van der Waals surface area contributed by atoms with Crippen LogP contribution in [0, 0.1) is 6.92 Å². The smallest absolute Gasteiger partial charge is 0.226 e. The van der Waals surface area contributed by atoms with Gasteiger partial charge in [0.2, 0.25) is 5.91 Å². The summed E-state index contributed by atoms with van der Waals surface area (Å²) in [5, 5.41) is 0. The predicted octanol–water partition coefficient (Wildman–Crippen LogP) is 3.89. The molecule has 0 bridgehead atoms. The molecule has 0 aliphatic carbocycles. The summed E-state index contributed by atoms with van der Waals surface area (Å²) >= 11 is 0. The highest BCUT2D eigenvalue weighted by Gasteiger charge is 2.23. The van der Waals surface area contributed by atoms with Gasteiger partial charge in [0.15, 0.2) is 0 Å². The lowest BCUT2D eigenvalue weighted by atomic mass is 10.1. The molecule has 30 heavy (non-hydrogen) atoms. The van der Waals surface area contributed by atoms with Gasteiger partial charge in [-0.15, -0.1) is 12.4 Å². The molecule has 3 rings (SSSR count). The lowest BCUT2D eigenvalue weighted by Crippen LogP contribution is -2.41. The molecule has 164 valence electrons. The van der Waals surface area contributed by atoms with Crippen molar-refractivity contribution in [2.45, 2.75) is 45.3 Å². The average Bonchev–Trinajstić information content (AvgIpc) is 2.74. The van der Waals surface area contributed by atoms with Gasteiger partial charge in [-0.25, -0.2) is 0 Å². The van der Waals surface area contributed by atoms with E-state index < -0.39 is 0 Å². The minimum Gasteiger partial charge on any atom is -0.489 e. The molecule has 1 saturated heterocycles. The van der Waals surface area contributed by atoms with Crippen molar-refractivity contribution in [1.29, 1.82) is 0 Å². The third-order valence-electron chi connectivity index (χ3n) is 5.41. The average molecular weight is 433 g/mol. The van der Waals surface area contributed by atoms with Crippen LogP contribution in [-0.2, 0) is 22.6 Å². The fourth-order valence-electron chi connectivity index (χ4n) is 3.57. The first kappa shape index (κ1) is 24.2. The predicted molar refractivity (Wildman–Crippen MR) is 122 cm³/mol. The number of benzene rings is 2. The van der Waals surface area contributed by atoms with Crippen molar-refractivity contribution in [2.24, 2.45) is 5.73 Å². The van der Waals surface area contributed by atoms with Gasteiger partial charge in [0, 0.05) is 19.7 Å². The Morgan fingerprint density at radius 3 is 2.63 bits per heavy atom. The Kier molecular flexibility index (Phi) is 10.1. The van der Waals surface area contributed by atoms with Gasteiger partial charge in [0.05, 0.1) is 12.5 Å². The van der Waals surface area contributed by atoms with E-state index in [0.29, 0.717) is 26.2 Å². The SMILES string of the molecule is Cc1ccccc1COc1cccc(CC(=O)N2CCC(OCCCN)CC2)c1.Cl. The van der Waals surface area contributed by atoms with E-state index in [1.165, 1.54) is 11.1 Å². The molecule has 1 amide bonds. The van der Waals surface area contributed by atoms with Crippen LogP contribution < -0.4 is 10.5 Å². The van der Waals surface area contributed by atoms with Crippen LogP contribution in [0.15, 0.2) is 48.5 Å². The van der Waals surface area contributed by atoms with Crippen molar-refractivity contribution < 1.29 is 14.3 Å². The summed E-state index contributed by atoms with van der Waals surface area (Å²) in [5.74, 6) is 0.965. The maximum Gasteiger partial charge on any atom is 0.226 e. The number of ether oxygens (including phenoxy) is 2. The summed E-state index contributed by atoms with van der Waals surface area (Å²) in [5.41, 5.74) is 8.88. The van der Waals surface area contributed by atoms with Crippen molar-refractivity contribution in [3.8, 4) is 5.75 Å². The van der Waals surface area contributed by atoms with Crippen LogP contribution in [0.2, 0.25) is 0 Å². The molecular formula is C24H33ClN2O3. The van der Waals surface area contributed by atoms with Gasteiger partial charge in [-0.3, -0.25) is 4.79 Å². The molecule has 1 fully saturated rings. The van der Waals surface area contributed by atoms with Crippen molar-refractivity contribution >= 4 is 18.3 Å². The molecule has 2 aromatic rings. The van der Waals surface area contributed by atoms with E-state index in [2.05, 4.69) is 19.1 Å². The molecule has 0 saturated carbocycles. The van der Waals surface area contributed by atoms with E-state index in [-0.39, 0.29) is 24.4 Å². The van der Waals surface area contributed by atoms with Crippen LogP contribution >= 0.6 is 12.4 Å². The number of aryl methyl sites for hydroxylation is 1. The summed E-state index contributed by atoms with van der Waals surface area (Å²) in [6, 6.07) is 16.1. The number of nitrogens with zero attached hydrogens (tertiary/aromatic N) is 1. The molecular weight excluding hydrogens is 400 g/mol. The van der Waals surface area contributed by atoms with Crippen molar-refractivity contribution in [1.82, 2.24) is 4.90 Å². The molecule has 0 aromatic heterocycles. The van der Waals surface area contributed by atoms with Crippen LogP contribution in [0.5, 0.6) is 5.75 Å². The van der Waals surface area contributed by atoms with Crippen LogP contribution in [0.1, 0.15) is 36.0 Å². The van der Waals surface area contributed by atoms with Crippen LogP contribution in [0.25, 0.3) is 0 Å². The molecule has 0 radical (unpaired) electrons. The molecule has 0 unspecified atom stereocenters. The number of halogens is 1. The van der Waals surface area contributed by atoms with E-state index in [4.69, 9.17) is 15.2 Å². The second-order valence-electron chi connectivity index (χ2n) is 7.63. The maximum atomic E-state index is 12.7. The second kappa shape index (κ2) is 12.6. The van der Waals surface area contributed by atoms with Gasteiger partial charge >= 0.3 is 0 Å². The first-order valence-electron chi connectivity index (χ1n) is 10.5. The van der Waals surface area contributed by atoms with Gasteiger partial charge in [-0.2, -0.15) is 0 Å². The number of carbonyl (C=O) groups is 1. The lowest BCUT2D eigenvalue weighted by molar-refractivity contribution is -0.133. The number of carbonyl (C=O) groups excluding carboxylic acids is 1. The van der Waals surface area contributed by atoms with Crippen molar-refractivity contribution in [3.05, 3.63) is 65.2 Å². The fraction of sp³-hybridized carbons (Fsp3) is 0.458. The van der Waals surface area contributed by atoms with Crippen LogP contribution in [0.4, 0.5) is 0 Å². The maximum absolute atomic E-state index is 12.7. The second-order valence-corrected chi connectivity index (χ2v) is 7.63. The fourth-order valence-corrected chi connectivity index (χ4v) is 3.57. The summed E-state index contributed by atoms with van der Waals surface area (Å²) in [7, 11) is 0. The third kappa shape index (κ3) is 7.31. The normalized spacial score (nSPS) is 14.3. The van der Waals surface area contributed by atoms with Gasteiger partial charge in [0.25, 0.3) is 0 Å². The van der Waals surface area contributed by atoms with E-state index >= 15 is 0 Å². The largest absolute Gasteiger partial charge is 0.489 e. The first-order valence-corrected chi connectivity index (χ1v) is 10.5. The Labute approximate surface area is 186 Å². The summed E-state index contributed by atoms with van der Waals surface area (Å²) in [6.07, 6.45) is 3.34. The number of piperidine rings is 1.